The predicted octanol–water partition coefficient (Wildman–Crippen LogP) is 3.06. The van der Waals surface area contributed by atoms with E-state index in [1.807, 2.05) is 0 Å². The zero-order valence-electron chi connectivity index (χ0n) is 9.69. The molecule has 0 spiro atoms. The van der Waals surface area contributed by atoms with E-state index in [4.69, 9.17) is 0 Å². The minimum absolute atomic E-state index is 0.625. The molecule has 0 aliphatic carbocycles. The van der Waals surface area contributed by atoms with Crippen molar-refractivity contribution >= 4 is 0 Å². The molecule has 2 atom stereocenters. The standard InChI is InChI=1S/C12H25N/c1-5-6-12(10(2)3)7-8-13-9-11(12)4/h10-11,13H,5-9H2,1-4H3. The molecule has 1 aliphatic heterocycles. The van der Waals surface area contributed by atoms with E-state index >= 15 is 0 Å². The second-order valence-electron chi connectivity index (χ2n) is 4.99. The van der Waals surface area contributed by atoms with E-state index in [9.17, 15) is 0 Å². The lowest BCUT2D eigenvalue weighted by Crippen LogP contribution is -2.46. The first-order chi connectivity index (χ1) is 6.13. The van der Waals surface area contributed by atoms with Crippen molar-refractivity contribution in [2.24, 2.45) is 17.3 Å². The van der Waals surface area contributed by atoms with E-state index in [1.165, 1.54) is 32.4 Å². The summed E-state index contributed by atoms with van der Waals surface area (Å²) in [4.78, 5) is 0. The third-order valence-corrected chi connectivity index (χ3v) is 4.06. The van der Waals surface area contributed by atoms with Crippen molar-refractivity contribution in [2.75, 3.05) is 13.1 Å². The van der Waals surface area contributed by atoms with Crippen molar-refractivity contribution < 1.29 is 0 Å². The Hall–Kier alpha value is -0.0400. The monoisotopic (exact) mass is 183 g/mol. The molecule has 0 aromatic carbocycles. The van der Waals surface area contributed by atoms with Crippen molar-refractivity contribution in [3.8, 4) is 0 Å². The molecule has 1 N–H and O–H groups in total. The SMILES string of the molecule is CCCC1(C(C)C)CCNCC1C. The molecule has 0 aromatic rings. The van der Waals surface area contributed by atoms with E-state index in [-0.39, 0.29) is 0 Å². The van der Waals surface area contributed by atoms with E-state index in [0.717, 1.165) is 11.8 Å². The van der Waals surface area contributed by atoms with Crippen LogP contribution in [0.5, 0.6) is 0 Å². The Morgan fingerprint density at radius 3 is 2.62 bits per heavy atom. The van der Waals surface area contributed by atoms with E-state index in [0.29, 0.717) is 5.41 Å². The minimum atomic E-state index is 0.625. The van der Waals surface area contributed by atoms with Gasteiger partial charge >= 0.3 is 0 Å². The molecule has 13 heavy (non-hydrogen) atoms. The Balaban J connectivity index is 2.73. The molecule has 1 nitrogen and oxygen atoms in total. The fourth-order valence-corrected chi connectivity index (χ4v) is 3.07. The van der Waals surface area contributed by atoms with E-state index < -0.39 is 0 Å². The maximum absolute atomic E-state index is 3.50. The van der Waals surface area contributed by atoms with E-state index in [2.05, 4.69) is 33.0 Å². The zero-order valence-corrected chi connectivity index (χ0v) is 9.69. The molecule has 0 amide bonds. The Morgan fingerprint density at radius 2 is 2.15 bits per heavy atom. The van der Waals surface area contributed by atoms with Crippen LogP contribution in [0.25, 0.3) is 0 Å². The topological polar surface area (TPSA) is 12.0 Å². The first kappa shape index (κ1) is 11.0. The molecule has 1 heteroatoms. The molecule has 1 rings (SSSR count). The van der Waals surface area contributed by atoms with Gasteiger partial charge in [0.25, 0.3) is 0 Å². The van der Waals surface area contributed by atoms with Crippen molar-refractivity contribution in [3.63, 3.8) is 0 Å². The van der Waals surface area contributed by atoms with Crippen molar-refractivity contribution in [1.82, 2.24) is 5.32 Å². The highest BCUT2D eigenvalue weighted by Crippen LogP contribution is 2.44. The Kier molecular flexibility index (Phi) is 3.78. The summed E-state index contributed by atoms with van der Waals surface area (Å²) in [5.41, 5.74) is 0.625. The van der Waals surface area contributed by atoms with Gasteiger partial charge < -0.3 is 5.32 Å². The van der Waals surface area contributed by atoms with Gasteiger partial charge in [-0.1, -0.05) is 34.1 Å². The molecule has 0 saturated carbocycles. The first-order valence-corrected chi connectivity index (χ1v) is 5.84. The molecule has 0 radical (unpaired) electrons. The second-order valence-corrected chi connectivity index (χ2v) is 4.99. The Morgan fingerprint density at radius 1 is 1.46 bits per heavy atom. The fraction of sp³-hybridized carbons (Fsp3) is 1.00. The molecular formula is C12H25N. The van der Waals surface area contributed by atoms with Crippen molar-refractivity contribution in [3.05, 3.63) is 0 Å². The van der Waals surface area contributed by atoms with Gasteiger partial charge in [-0.15, -0.1) is 0 Å². The lowest BCUT2D eigenvalue weighted by molar-refractivity contribution is 0.0507. The van der Waals surface area contributed by atoms with Crippen LogP contribution in [0.2, 0.25) is 0 Å². The molecule has 78 valence electrons. The molecule has 0 bridgehead atoms. The van der Waals surface area contributed by atoms with Gasteiger partial charge in [0.2, 0.25) is 0 Å². The van der Waals surface area contributed by atoms with Crippen LogP contribution in [-0.2, 0) is 0 Å². The highest BCUT2D eigenvalue weighted by Gasteiger charge is 2.39. The van der Waals surface area contributed by atoms with Crippen LogP contribution < -0.4 is 5.32 Å². The van der Waals surface area contributed by atoms with Gasteiger partial charge in [0, 0.05) is 0 Å². The van der Waals surface area contributed by atoms with Gasteiger partial charge in [0.1, 0.15) is 0 Å². The molecule has 1 heterocycles. The summed E-state index contributed by atoms with van der Waals surface area (Å²) < 4.78 is 0. The van der Waals surface area contributed by atoms with Gasteiger partial charge in [-0.3, -0.25) is 0 Å². The Labute approximate surface area is 83.3 Å². The van der Waals surface area contributed by atoms with Gasteiger partial charge in [-0.05, 0) is 43.2 Å². The lowest BCUT2D eigenvalue weighted by Gasteiger charge is -2.46. The van der Waals surface area contributed by atoms with Crippen LogP contribution >= 0.6 is 0 Å². The molecular weight excluding hydrogens is 158 g/mol. The Bertz CT molecular complexity index is 149. The molecule has 0 aromatic heterocycles. The van der Waals surface area contributed by atoms with Crippen molar-refractivity contribution in [1.29, 1.82) is 0 Å². The maximum atomic E-state index is 3.50. The average Bonchev–Trinajstić information content (AvgIpc) is 2.09. The highest BCUT2D eigenvalue weighted by molar-refractivity contribution is 4.91. The first-order valence-electron chi connectivity index (χ1n) is 5.84. The number of piperidine rings is 1. The second kappa shape index (κ2) is 4.45. The molecule has 1 fully saturated rings. The highest BCUT2D eigenvalue weighted by atomic mass is 14.9. The van der Waals surface area contributed by atoms with Crippen LogP contribution in [-0.4, -0.2) is 13.1 Å². The van der Waals surface area contributed by atoms with Gasteiger partial charge in [-0.25, -0.2) is 0 Å². The zero-order chi connectivity index (χ0) is 9.90. The normalized spacial score (nSPS) is 35.3. The third-order valence-electron chi connectivity index (χ3n) is 4.06. The number of hydrogen-bond acceptors (Lipinski definition) is 1. The summed E-state index contributed by atoms with van der Waals surface area (Å²) in [6.07, 6.45) is 4.12. The number of hydrogen-bond donors (Lipinski definition) is 1. The van der Waals surface area contributed by atoms with E-state index in [1.54, 1.807) is 0 Å². The summed E-state index contributed by atoms with van der Waals surface area (Å²) >= 11 is 0. The van der Waals surface area contributed by atoms with Crippen LogP contribution in [0.15, 0.2) is 0 Å². The minimum Gasteiger partial charge on any atom is -0.316 e. The van der Waals surface area contributed by atoms with Crippen LogP contribution in [0.3, 0.4) is 0 Å². The number of rotatable bonds is 3. The summed E-state index contributed by atoms with van der Waals surface area (Å²) in [7, 11) is 0. The average molecular weight is 183 g/mol. The largest absolute Gasteiger partial charge is 0.316 e. The quantitative estimate of drug-likeness (QED) is 0.709. The van der Waals surface area contributed by atoms with Crippen molar-refractivity contribution in [2.45, 2.75) is 47.0 Å². The smallest absolute Gasteiger partial charge is 0.00177 e. The molecule has 1 aliphatic rings. The van der Waals surface area contributed by atoms with Gasteiger partial charge in [0.05, 0.1) is 0 Å². The summed E-state index contributed by atoms with van der Waals surface area (Å²) in [5.74, 6) is 1.69. The van der Waals surface area contributed by atoms with Gasteiger partial charge in [-0.2, -0.15) is 0 Å². The summed E-state index contributed by atoms with van der Waals surface area (Å²) in [5, 5.41) is 3.50. The summed E-state index contributed by atoms with van der Waals surface area (Å²) in [6, 6.07) is 0. The molecule has 2 unspecified atom stereocenters. The van der Waals surface area contributed by atoms with Crippen LogP contribution in [0.4, 0.5) is 0 Å². The van der Waals surface area contributed by atoms with Crippen LogP contribution in [0, 0.1) is 17.3 Å². The molecule has 1 saturated heterocycles. The number of nitrogens with one attached hydrogen (secondary N) is 1. The third kappa shape index (κ3) is 2.07. The van der Waals surface area contributed by atoms with Crippen LogP contribution in [0.1, 0.15) is 47.0 Å². The fourth-order valence-electron chi connectivity index (χ4n) is 3.07. The lowest BCUT2D eigenvalue weighted by atomic mass is 9.62. The predicted molar refractivity (Wildman–Crippen MR) is 58.8 cm³/mol. The van der Waals surface area contributed by atoms with Gasteiger partial charge in [0.15, 0.2) is 0 Å². The summed E-state index contributed by atoms with van der Waals surface area (Å²) in [6.45, 7) is 12.0. The maximum Gasteiger partial charge on any atom is -0.00177 e.